The second kappa shape index (κ2) is 22.4. The number of ether oxygens (including phenoxy) is 4. The number of rotatable bonds is 24. The monoisotopic (exact) mass is 720 g/mol. The van der Waals surface area contributed by atoms with E-state index in [0.717, 1.165) is 38.5 Å². The molecule has 0 bridgehead atoms. The predicted octanol–water partition coefficient (Wildman–Crippen LogP) is 8.93. The lowest BCUT2D eigenvalue weighted by atomic mass is 9.76. The molecule has 2 N–H and O–H groups in total. The number of hydrogen-bond acceptors (Lipinski definition) is 10. The van der Waals surface area contributed by atoms with E-state index in [1.807, 2.05) is 0 Å². The van der Waals surface area contributed by atoms with E-state index in [2.05, 4.69) is 13.8 Å². The predicted molar refractivity (Wildman–Crippen MR) is 199 cm³/mol. The van der Waals surface area contributed by atoms with E-state index in [-0.39, 0.29) is 12.8 Å². The van der Waals surface area contributed by atoms with Crippen LogP contribution in [-0.4, -0.2) is 61.2 Å². The Hall–Kier alpha value is -4.60. The van der Waals surface area contributed by atoms with E-state index >= 15 is 0 Å². The number of ketones is 2. The summed E-state index contributed by atoms with van der Waals surface area (Å²) in [5, 5.41) is 22.7. The highest BCUT2D eigenvalue weighted by atomic mass is 16.5. The SMILES string of the molecule is CCCCCCCCOc1ccc([C@@H](CC(=O)OC)C2=C(O)C(=O)C([C@H](CC(=O)OC)c3ccc(OCCCCCCCC)cc3)=C(O)C2=O)cc1. The van der Waals surface area contributed by atoms with Crippen LogP contribution in [0.5, 0.6) is 11.5 Å². The number of methoxy groups -OCH3 is 2. The van der Waals surface area contributed by atoms with Gasteiger partial charge in [-0.3, -0.25) is 19.2 Å². The number of allylic oxidation sites excluding steroid dienone is 2. The average Bonchev–Trinajstić information content (AvgIpc) is 3.16. The number of unbranched alkanes of at least 4 members (excludes halogenated alkanes) is 10. The molecule has 0 unspecified atom stereocenters. The van der Waals surface area contributed by atoms with E-state index in [0.29, 0.717) is 35.8 Å². The van der Waals surface area contributed by atoms with Crippen LogP contribution in [0, 0.1) is 0 Å². The summed E-state index contributed by atoms with van der Waals surface area (Å²) in [6.45, 7) is 5.44. The fourth-order valence-corrected chi connectivity index (χ4v) is 6.37. The Balaban J connectivity index is 1.84. The maximum absolute atomic E-state index is 13.9. The van der Waals surface area contributed by atoms with Crippen LogP contribution in [0.2, 0.25) is 0 Å². The highest BCUT2D eigenvalue weighted by Crippen LogP contribution is 2.41. The first-order chi connectivity index (χ1) is 25.2. The number of benzene rings is 2. The molecule has 0 heterocycles. The van der Waals surface area contributed by atoms with E-state index in [9.17, 15) is 29.4 Å². The van der Waals surface area contributed by atoms with E-state index < -0.39 is 58.0 Å². The van der Waals surface area contributed by atoms with Gasteiger partial charge in [0.2, 0.25) is 11.6 Å². The molecule has 3 rings (SSSR count). The smallest absolute Gasteiger partial charge is 0.306 e. The van der Waals surface area contributed by atoms with Gasteiger partial charge in [-0.1, -0.05) is 102 Å². The molecule has 0 amide bonds. The van der Waals surface area contributed by atoms with Crippen molar-refractivity contribution in [1.29, 1.82) is 0 Å². The van der Waals surface area contributed by atoms with Crippen molar-refractivity contribution in [3.05, 3.63) is 82.3 Å². The van der Waals surface area contributed by atoms with Crippen molar-refractivity contribution in [1.82, 2.24) is 0 Å². The topological polar surface area (TPSA) is 146 Å². The fourth-order valence-electron chi connectivity index (χ4n) is 6.37. The minimum absolute atomic E-state index is 0.388. The molecular weight excluding hydrogens is 664 g/mol. The zero-order valence-electron chi connectivity index (χ0n) is 31.2. The summed E-state index contributed by atoms with van der Waals surface area (Å²) in [4.78, 5) is 52.9. The molecule has 0 spiro atoms. The number of Topliss-reactive ketones (excluding diaryl/α,β-unsaturated/α-hetero) is 2. The third kappa shape index (κ3) is 12.3. The highest BCUT2D eigenvalue weighted by Gasteiger charge is 2.43. The van der Waals surface area contributed by atoms with Crippen LogP contribution in [0.15, 0.2) is 71.2 Å². The number of hydrogen-bond donors (Lipinski definition) is 2. The number of esters is 2. The van der Waals surface area contributed by atoms with Gasteiger partial charge in [-0.25, -0.2) is 0 Å². The van der Waals surface area contributed by atoms with Crippen LogP contribution < -0.4 is 9.47 Å². The largest absolute Gasteiger partial charge is 0.504 e. The Labute approximate surface area is 308 Å². The highest BCUT2D eigenvalue weighted by molar-refractivity contribution is 6.24. The molecular formula is C42H56O10. The number of aliphatic hydroxyl groups is 2. The summed E-state index contributed by atoms with van der Waals surface area (Å²) in [6.07, 6.45) is 12.7. The second-order valence-electron chi connectivity index (χ2n) is 13.2. The van der Waals surface area contributed by atoms with Gasteiger partial charge in [0.15, 0.2) is 11.5 Å². The summed E-state index contributed by atoms with van der Waals surface area (Å²) in [7, 11) is 2.39. The Bertz CT molecular complexity index is 1410. The Morgan fingerprint density at radius 1 is 0.538 bits per heavy atom. The number of carbonyl (C=O) groups excluding carboxylic acids is 4. The van der Waals surface area contributed by atoms with Crippen LogP contribution in [0.3, 0.4) is 0 Å². The van der Waals surface area contributed by atoms with Gasteiger partial charge >= 0.3 is 11.9 Å². The van der Waals surface area contributed by atoms with Crippen molar-refractivity contribution < 1.29 is 48.3 Å². The van der Waals surface area contributed by atoms with Gasteiger partial charge in [-0.15, -0.1) is 0 Å². The lowest BCUT2D eigenvalue weighted by molar-refractivity contribution is -0.142. The van der Waals surface area contributed by atoms with Gasteiger partial charge in [0, 0.05) is 11.8 Å². The summed E-state index contributed by atoms with van der Waals surface area (Å²) >= 11 is 0. The molecule has 52 heavy (non-hydrogen) atoms. The number of aliphatic hydroxyl groups excluding tert-OH is 2. The Morgan fingerprint density at radius 3 is 1.19 bits per heavy atom. The van der Waals surface area contributed by atoms with Crippen LogP contribution in [0.1, 0.15) is 127 Å². The fraction of sp³-hybridized carbons (Fsp3) is 0.524. The molecule has 2 aromatic carbocycles. The molecule has 0 radical (unpaired) electrons. The minimum atomic E-state index is -1.12. The van der Waals surface area contributed by atoms with Crippen molar-refractivity contribution in [2.24, 2.45) is 0 Å². The molecule has 0 saturated carbocycles. The maximum Gasteiger partial charge on any atom is 0.306 e. The molecule has 0 fully saturated rings. The third-order valence-electron chi connectivity index (χ3n) is 9.42. The Kier molecular flexibility index (Phi) is 18.0. The second-order valence-corrected chi connectivity index (χ2v) is 13.2. The molecule has 1 aliphatic carbocycles. The molecule has 0 saturated heterocycles. The van der Waals surface area contributed by atoms with E-state index in [4.69, 9.17) is 18.9 Å². The van der Waals surface area contributed by atoms with Gasteiger partial charge in [0.05, 0.1) is 51.4 Å². The molecule has 10 nitrogen and oxygen atoms in total. The van der Waals surface area contributed by atoms with Crippen molar-refractivity contribution in [3.63, 3.8) is 0 Å². The molecule has 10 heteroatoms. The quantitative estimate of drug-likeness (QED) is 0.0612. The van der Waals surface area contributed by atoms with Crippen LogP contribution in [0.4, 0.5) is 0 Å². The third-order valence-corrected chi connectivity index (χ3v) is 9.42. The van der Waals surface area contributed by atoms with E-state index in [1.54, 1.807) is 48.5 Å². The molecule has 1 aliphatic rings. The maximum atomic E-state index is 13.9. The van der Waals surface area contributed by atoms with Gasteiger partial charge in [0.1, 0.15) is 11.5 Å². The first-order valence-electron chi connectivity index (χ1n) is 18.7. The molecule has 0 aromatic heterocycles. The lowest BCUT2D eigenvalue weighted by Crippen LogP contribution is -2.31. The zero-order chi connectivity index (χ0) is 37.9. The van der Waals surface area contributed by atoms with Crippen molar-refractivity contribution in [2.45, 2.75) is 116 Å². The Morgan fingerprint density at radius 2 is 0.865 bits per heavy atom. The molecule has 2 atom stereocenters. The minimum Gasteiger partial charge on any atom is -0.504 e. The van der Waals surface area contributed by atoms with Gasteiger partial charge in [-0.2, -0.15) is 0 Å². The van der Waals surface area contributed by atoms with Crippen LogP contribution >= 0.6 is 0 Å². The summed E-state index contributed by atoms with van der Waals surface area (Å²) < 4.78 is 21.5. The molecule has 0 aliphatic heterocycles. The summed E-state index contributed by atoms with van der Waals surface area (Å²) in [5.41, 5.74) is -0.0156. The van der Waals surface area contributed by atoms with Crippen molar-refractivity contribution in [3.8, 4) is 11.5 Å². The lowest BCUT2D eigenvalue weighted by Gasteiger charge is -2.27. The van der Waals surface area contributed by atoms with Crippen LogP contribution in [0.25, 0.3) is 0 Å². The molecule has 2 aromatic rings. The van der Waals surface area contributed by atoms with Crippen LogP contribution in [-0.2, 0) is 28.7 Å². The first kappa shape index (κ1) is 41.8. The summed E-state index contributed by atoms with van der Waals surface area (Å²) in [5.74, 6) is -6.33. The average molecular weight is 721 g/mol. The molecule has 284 valence electrons. The van der Waals surface area contributed by atoms with Crippen molar-refractivity contribution in [2.75, 3.05) is 27.4 Å². The van der Waals surface area contributed by atoms with Gasteiger partial charge in [0.25, 0.3) is 0 Å². The van der Waals surface area contributed by atoms with Crippen molar-refractivity contribution >= 4 is 23.5 Å². The standard InChI is InChI=1S/C42H56O10/c1-5-7-9-11-13-15-25-51-31-21-17-29(18-22-31)33(27-35(43)49-3)37-39(45)41(47)38(42(48)40(37)46)34(28-36(44)50-4)30-19-23-32(24-20-30)52-26-16-14-12-10-8-6-2/h17-24,33-34,45,48H,5-16,25-28H2,1-4H3/t33-,34-/m1/s1. The van der Waals surface area contributed by atoms with Gasteiger partial charge in [-0.05, 0) is 48.2 Å². The number of carbonyl (C=O) groups is 4. The van der Waals surface area contributed by atoms with E-state index in [1.165, 1.54) is 52.7 Å². The van der Waals surface area contributed by atoms with Gasteiger partial charge < -0.3 is 29.2 Å². The summed E-state index contributed by atoms with van der Waals surface area (Å²) in [6, 6.07) is 13.4. The first-order valence-corrected chi connectivity index (χ1v) is 18.7. The normalized spacial score (nSPS) is 14.3. The zero-order valence-corrected chi connectivity index (χ0v) is 31.2.